The molecule has 0 spiro atoms. The van der Waals surface area contributed by atoms with E-state index in [1.165, 1.54) is 0 Å². The molecule has 0 saturated heterocycles. The molecule has 0 aromatic carbocycles. The molecule has 134 valence electrons. The summed E-state index contributed by atoms with van der Waals surface area (Å²) in [5.41, 5.74) is -0.345. The first-order valence-electron chi connectivity index (χ1n) is 7.61. The molecule has 5 unspecified atom stereocenters. The molecular formula is C15H21F5O3. The van der Waals surface area contributed by atoms with Crippen LogP contribution in [0.5, 0.6) is 0 Å². The number of alkyl halides is 5. The molecule has 0 aromatic rings. The number of hydrogen-bond acceptors (Lipinski definition) is 3. The van der Waals surface area contributed by atoms with Crippen LogP contribution in [0.15, 0.2) is 0 Å². The summed E-state index contributed by atoms with van der Waals surface area (Å²) in [5, 5.41) is 0. The first-order valence-corrected chi connectivity index (χ1v) is 7.61. The molecule has 0 heterocycles. The van der Waals surface area contributed by atoms with E-state index in [1.54, 1.807) is 0 Å². The average Bonchev–Trinajstić information content (AvgIpc) is 2.90. The van der Waals surface area contributed by atoms with Crippen LogP contribution in [-0.4, -0.2) is 36.4 Å². The van der Waals surface area contributed by atoms with Crippen molar-refractivity contribution in [1.29, 1.82) is 0 Å². The van der Waals surface area contributed by atoms with Gasteiger partial charge in [0.1, 0.15) is 0 Å². The summed E-state index contributed by atoms with van der Waals surface area (Å²) in [6.45, 7) is 5.71. The molecule has 2 bridgehead atoms. The third kappa shape index (κ3) is 4.33. The molecule has 8 heteroatoms. The molecule has 2 fully saturated rings. The van der Waals surface area contributed by atoms with E-state index in [4.69, 9.17) is 4.74 Å². The number of hydrogen-bond donors (Lipinski definition) is 0. The second-order valence-corrected chi connectivity index (χ2v) is 7.34. The lowest BCUT2D eigenvalue weighted by Gasteiger charge is -2.33. The van der Waals surface area contributed by atoms with Crippen LogP contribution in [0, 0.1) is 17.8 Å². The molecule has 0 N–H and O–H groups in total. The number of esters is 1. The molecule has 5 atom stereocenters. The fourth-order valence-corrected chi connectivity index (χ4v) is 3.58. The predicted molar refractivity (Wildman–Crippen MR) is 70.9 cm³/mol. The number of halogens is 5. The number of fused-ring (bicyclic) bond motifs is 2. The maximum atomic E-state index is 12.5. The lowest BCUT2D eigenvalue weighted by atomic mass is 9.87. The SMILES string of the molecule is CC(C)(C)OC1CC2CC1CC2C(=O)OC(C(F)F)C(F)(F)F. The van der Waals surface area contributed by atoms with Gasteiger partial charge in [0.15, 0.2) is 0 Å². The van der Waals surface area contributed by atoms with Crippen LogP contribution < -0.4 is 0 Å². The van der Waals surface area contributed by atoms with Crippen molar-refractivity contribution in [3.05, 3.63) is 0 Å². The van der Waals surface area contributed by atoms with Gasteiger partial charge in [-0.2, -0.15) is 13.2 Å². The maximum Gasteiger partial charge on any atom is 0.431 e. The number of ether oxygens (including phenoxy) is 2. The van der Waals surface area contributed by atoms with E-state index >= 15 is 0 Å². The third-order valence-corrected chi connectivity index (χ3v) is 4.39. The second kappa shape index (κ2) is 6.18. The van der Waals surface area contributed by atoms with Crippen LogP contribution >= 0.6 is 0 Å². The molecule has 0 aliphatic heterocycles. The molecule has 2 aliphatic carbocycles. The highest BCUT2D eigenvalue weighted by Gasteiger charge is 2.54. The third-order valence-electron chi connectivity index (χ3n) is 4.39. The summed E-state index contributed by atoms with van der Waals surface area (Å²) < 4.78 is 72.3. The fraction of sp³-hybridized carbons (Fsp3) is 0.933. The van der Waals surface area contributed by atoms with Crippen molar-refractivity contribution in [2.24, 2.45) is 17.8 Å². The lowest BCUT2D eigenvalue weighted by Crippen LogP contribution is -2.42. The highest BCUT2D eigenvalue weighted by Crippen LogP contribution is 2.51. The number of carbonyl (C=O) groups is 1. The first-order chi connectivity index (χ1) is 10.4. The van der Waals surface area contributed by atoms with E-state index in [0.29, 0.717) is 19.3 Å². The number of carbonyl (C=O) groups excluding carboxylic acids is 1. The van der Waals surface area contributed by atoms with Gasteiger partial charge in [-0.3, -0.25) is 4.79 Å². The largest absolute Gasteiger partial charge is 0.446 e. The topological polar surface area (TPSA) is 35.5 Å². The minimum atomic E-state index is -5.26. The van der Waals surface area contributed by atoms with Crippen LogP contribution in [0.3, 0.4) is 0 Å². The van der Waals surface area contributed by atoms with Gasteiger partial charge >= 0.3 is 12.1 Å². The van der Waals surface area contributed by atoms with Crippen LogP contribution in [0.4, 0.5) is 22.0 Å². The van der Waals surface area contributed by atoms with Crippen molar-refractivity contribution in [3.8, 4) is 0 Å². The molecule has 3 nitrogen and oxygen atoms in total. The Morgan fingerprint density at radius 3 is 2.04 bits per heavy atom. The molecule has 23 heavy (non-hydrogen) atoms. The second-order valence-electron chi connectivity index (χ2n) is 7.34. The van der Waals surface area contributed by atoms with Gasteiger partial charge in [-0.1, -0.05) is 0 Å². The Morgan fingerprint density at radius 2 is 1.65 bits per heavy atom. The molecule has 2 saturated carbocycles. The normalized spacial score (nSPS) is 32.4. The number of rotatable bonds is 4. The van der Waals surface area contributed by atoms with E-state index in [0.717, 1.165) is 0 Å². The van der Waals surface area contributed by atoms with Gasteiger partial charge in [0.05, 0.1) is 17.6 Å². The summed E-state index contributed by atoms with van der Waals surface area (Å²) in [6.07, 6.45) is -10.9. The highest BCUT2D eigenvalue weighted by molar-refractivity contribution is 5.73. The van der Waals surface area contributed by atoms with Crippen molar-refractivity contribution in [3.63, 3.8) is 0 Å². The Hall–Kier alpha value is -0.920. The lowest BCUT2D eigenvalue weighted by molar-refractivity contribution is -0.251. The molecule has 2 rings (SSSR count). The van der Waals surface area contributed by atoms with Gasteiger partial charge in [-0.05, 0) is 51.9 Å². The van der Waals surface area contributed by atoms with Gasteiger partial charge < -0.3 is 9.47 Å². The summed E-state index contributed by atoms with van der Waals surface area (Å²) in [4.78, 5) is 11.9. The van der Waals surface area contributed by atoms with E-state index in [2.05, 4.69) is 4.74 Å². The fourth-order valence-electron chi connectivity index (χ4n) is 3.58. The zero-order valence-electron chi connectivity index (χ0n) is 13.2. The average molecular weight is 344 g/mol. The Kier molecular flexibility index (Phi) is 4.95. The summed E-state index contributed by atoms with van der Waals surface area (Å²) in [7, 11) is 0. The molecule has 2 aliphatic rings. The van der Waals surface area contributed by atoms with Gasteiger partial charge in [0.2, 0.25) is 0 Å². The van der Waals surface area contributed by atoms with Crippen LogP contribution in [0.25, 0.3) is 0 Å². The van der Waals surface area contributed by atoms with Crippen molar-refractivity contribution in [2.45, 2.75) is 70.4 Å². The predicted octanol–water partition coefficient (Wildman–Crippen LogP) is 3.96. The van der Waals surface area contributed by atoms with Crippen LogP contribution in [0.1, 0.15) is 40.0 Å². The van der Waals surface area contributed by atoms with Gasteiger partial charge in [0.25, 0.3) is 12.5 Å². The highest BCUT2D eigenvalue weighted by atomic mass is 19.4. The smallest absolute Gasteiger partial charge is 0.431 e. The minimum Gasteiger partial charge on any atom is -0.446 e. The monoisotopic (exact) mass is 344 g/mol. The summed E-state index contributed by atoms with van der Waals surface area (Å²) in [6, 6.07) is 0. The molecular weight excluding hydrogens is 323 g/mol. The summed E-state index contributed by atoms with van der Waals surface area (Å²) in [5.74, 6) is -2.02. The Balaban J connectivity index is 1.94. The standard InChI is InChI=1S/C15H21F5O3/c1-14(2,3)23-10-6-7-4-8(10)5-9(7)13(21)22-11(12(16)17)15(18,19)20/h7-12H,4-6H2,1-3H3. The molecule has 0 amide bonds. The quantitative estimate of drug-likeness (QED) is 0.572. The zero-order chi connectivity index (χ0) is 17.6. The van der Waals surface area contributed by atoms with E-state index in [1.807, 2.05) is 20.8 Å². The van der Waals surface area contributed by atoms with E-state index in [-0.39, 0.29) is 23.5 Å². The van der Waals surface area contributed by atoms with Gasteiger partial charge in [-0.25, -0.2) is 8.78 Å². The van der Waals surface area contributed by atoms with Crippen molar-refractivity contribution < 1.29 is 36.2 Å². The minimum absolute atomic E-state index is 0.0439. The van der Waals surface area contributed by atoms with E-state index in [9.17, 15) is 26.7 Å². The Labute approximate surface area is 131 Å². The molecule has 0 aromatic heterocycles. The van der Waals surface area contributed by atoms with Crippen molar-refractivity contribution >= 4 is 5.97 Å². The van der Waals surface area contributed by atoms with Gasteiger partial charge in [0, 0.05) is 0 Å². The Bertz CT molecular complexity index is 443. The maximum absolute atomic E-state index is 12.5. The summed E-state index contributed by atoms with van der Waals surface area (Å²) >= 11 is 0. The van der Waals surface area contributed by atoms with Crippen LogP contribution in [0.2, 0.25) is 0 Å². The van der Waals surface area contributed by atoms with Crippen molar-refractivity contribution in [2.75, 3.05) is 0 Å². The van der Waals surface area contributed by atoms with Crippen LogP contribution in [-0.2, 0) is 14.3 Å². The van der Waals surface area contributed by atoms with Crippen molar-refractivity contribution in [1.82, 2.24) is 0 Å². The first kappa shape index (κ1) is 18.4. The van der Waals surface area contributed by atoms with Gasteiger partial charge in [-0.15, -0.1) is 0 Å². The van der Waals surface area contributed by atoms with E-state index < -0.39 is 30.6 Å². The molecule has 0 radical (unpaired) electrons. The zero-order valence-corrected chi connectivity index (χ0v) is 13.2. The Morgan fingerprint density at radius 1 is 1.04 bits per heavy atom.